The average Bonchev–Trinajstić information content (AvgIpc) is 2.38. The second-order valence-corrected chi connectivity index (χ2v) is 5.44. The van der Waals surface area contributed by atoms with E-state index in [9.17, 15) is 0 Å². The van der Waals surface area contributed by atoms with Crippen LogP contribution in [0.15, 0.2) is 54.1 Å². The highest BCUT2D eigenvalue weighted by molar-refractivity contribution is 5.64. The molecule has 0 bridgehead atoms. The van der Waals surface area contributed by atoms with E-state index in [1.54, 1.807) is 0 Å². The van der Waals surface area contributed by atoms with Crippen LogP contribution < -0.4 is 0 Å². The zero-order valence-electron chi connectivity index (χ0n) is 12.8. The van der Waals surface area contributed by atoms with E-state index >= 15 is 0 Å². The summed E-state index contributed by atoms with van der Waals surface area (Å²) in [5.74, 6) is 0. The minimum atomic E-state index is 1.24. The third-order valence-corrected chi connectivity index (χ3v) is 3.44. The Morgan fingerprint density at radius 3 is 2.10 bits per heavy atom. The third kappa shape index (κ3) is 3.71. The van der Waals surface area contributed by atoms with Gasteiger partial charge in [-0.25, -0.2) is 0 Å². The highest BCUT2D eigenvalue weighted by atomic mass is 14.0. The third-order valence-electron chi connectivity index (χ3n) is 3.44. The summed E-state index contributed by atoms with van der Waals surface area (Å²) in [5.41, 5.74) is 7.84. The fraction of sp³-hybridized carbons (Fsp3) is 0.200. The molecule has 2 rings (SSSR count). The molecule has 0 N–H and O–H groups in total. The molecule has 0 unspecified atom stereocenters. The molecule has 2 aromatic rings. The number of rotatable bonds is 3. The molecule has 0 fully saturated rings. The Kier molecular flexibility index (Phi) is 4.57. The highest BCUT2D eigenvalue weighted by Crippen LogP contribution is 2.19. The monoisotopic (exact) mass is 262 g/mol. The molecule has 0 saturated carbocycles. The van der Waals surface area contributed by atoms with Crippen LogP contribution in [0.5, 0.6) is 0 Å². The molecule has 0 aliphatic heterocycles. The van der Waals surface area contributed by atoms with Crippen molar-refractivity contribution >= 4 is 12.2 Å². The molecule has 0 heterocycles. The Hall–Kier alpha value is -2.08. The Morgan fingerprint density at radius 2 is 1.50 bits per heavy atom. The van der Waals surface area contributed by atoms with Crippen molar-refractivity contribution in [2.75, 3.05) is 0 Å². The number of allylic oxidation sites excluding steroid dienone is 2. The number of hydrogen-bond donors (Lipinski definition) is 0. The Morgan fingerprint density at radius 1 is 0.900 bits per heavy atom. The molecular weight excluding hydrogens is 240 g/mol. The first-order valence-electron chi connectivity index (χ1n) is 7.05. The van der Waals surface area contributed by atoms with Crippen LogP contribution in [0.4, 0.5) is 0 Å². The second-order valence-electron chi connectivity index (χ2n) is 5.44. The van der Waals surface area contributed by atoms with Gasteiger partial charge in [-0.3, -0.25) is 0 Å². The van der Waals surface area contributed by atoms with Crippen molar-refractivity contribution in [2.24, 2.45) is 0 Å². The molecule has 0 radical (unpaired) electrons. The van der Waals surface area contributed by atoms with Gasteiger partial charge in [0.1, 0.15) is 0 Å². The van der Waals surface area contributed by atoms with E-state index in [-0.39, 0.29) is 0 Å². The van der Waals surface area contributed by atoms with Crippen molar-refractivity contribution in [3.05, 3.63) is 81.9 Å². The van der Waals surface area contributed by atoms with Crippen LogP contribution in [0.25, 0.3) is 12.2 Å². The molecule has 0 aliphatic rings. The van der Waals surface area contributed by atoms with E-state index in [1.807, 2.05) is 6.07 Å². The van der Waals surface area contributed by atoms with Crippen molar-refractivity contribution in [1.29, 1.82) is 0 Å². The van der Waals surface area contributed by atoms with Crippen molar-refractivity contribution in [3.63, 3.8) is 0 Å². The predicted octanol–water partition coefficient (Wildman–Crippen LogP) is 5.73. The van der Waals surface area contributed by atoms with E-state index in [2.05, 4.69) is 82.3 Å². The van der Waals surface area contributed by atoms with Crippen LogP contribution in [-0.4, -0.2) is 0 Å². The van der Waals surface area contributed by atoms with Gasteiger partial charge in [-0.15, -0.1) is 0 Å². The van der Waals surface area contributed by atoms with Crippen LogP contribution in [0.1, 0.15) is 34.7 Å². The summed E-state index contributed by atoms with van der Waals surface area (Å²) >= 11 is 0. The van der Waals surface area contributed by atoms with Crippen molar-refractivity contribution in [3.8, 4) is 0 Å². The smallest absolute Gasteiger partial charge is 0.0198 e. The summed E-state index contributed by atoms with van der Waals surface area (Å²) in [6.07, 6.45) is 6.62. The van der Waals surface area contributed by atoms with E-state index in [1.165, 1.54) is 33.4 Å². The Bertz CT molecular complexity index is 620. The Labute approximate surface area is 122 Å². The van der Waals surface area contributed by atoms with Gasteiger partial charge in [0, 0.05) is 0 Å². The SMILES string of the molecule is CC(C=Cc1c(C)cc(C)cc1C)=Cc1ccccc1. The molecule has 0 heteroatoms. The van der Waals surface area contributed by atoms with E-state index in [4.69, 9.17) is 0 Å². The molecule has 102 valence electrons. The summed E-state index contributed by atoms with van der Waals surface area (Å²) in [5, 5.41) is 0. The van der Waals surface area contributed by atoms with Crippen LogP contribution >= 0.6 is 0 Å². The lowest BCUT2D eigenvalue weighted by atomic mass is 9.99. The maximum atomic E-state index is 2.24. The fourth-order valence-corrected chi connectivity index (χ4v) is 2.53. The van der Waals surface area contributed by atoms with Gasteiger partial charge < -0.3 is 0 Å². The minimum Gasteiger partial charge on any atom is -0.0622 e. The van der Waals surface area contributed by atoms with E-state index < -0.39 is 0 Å². The minimum absolute atomic E-state index is 1.24. The summed E-state index contributed by atoms with van der Waals surface area (Å²) in [4.78, 5) is 0. The molecule has 2 aromatic carbocycles. The first-order chi connectivity index (χ1) is 9.56. The first-order valence-corrected chi connectivity index (χ1v) is 7.05. The Balaban J connectivity index is 2.24. The van der Waals surface area contributed by atoms with Gasteiger partial charge in [0.05, 0.1) is 0 Å². The molecule has 0 nitrogen and oxygen atoms in total. The lowest BCUT2D eigenvalue weighted by Gasteiger charge is -2.07. The van der Waals surface area contributed by atoms with Crippen LogP contribution in [0.2, 0.25) is 0 Å². The van der Waals surface area contributed by atoms with Gasteiger partial charge in [0.2, 0.25) is 0 Å². The van der Waals surface area contributed by atoms with Gasteiger partial charge in [-0.05, 0) is 49.9 Å². The van der Waals surface area contributed by atoms with Gasteiger partial charge in [0.15, 0.2) is 0 Å². The van der Waals surface area contributed by atoms with Crippen LogP contribution in [-0.2, 0) is 0 Å². The van der Waals surface area contributed by atoms with Gasteiger partial charge in [-0.1, -0.05) is 71.8 Å². The quantitative estimate of drug-likeness (QED) is 0.620. The van der Waals surface area contributed by atoms with Gasteiger partial charge in [0.25, 0.3) is 0 Å². The highest BCUT2D eigenvalue weighted by Gasteiger charge is 1.99. The lowest BCUT2D eigenvalue weighted by molar-refractivity contribution is 1.30. The standard InChI is InChI=1S/C20H22/c1-15(14-19-8-6-5-7-9-19)10-11-20-17(3)12-16(2)13-18(20)4/h5-14H,1-4H3. The van der Waals surface area contributed by atoms with Crippen LogP contribution in [0, 0.1) is 20.8 Å². The summed E-state index contributed by atoms with van der Waals surface area (Å²) < 4.78 is 0. The van der Waals surface area contributed by atoms with E-state index in [0.717, 1.165) is 0 Å². The summed E-state index contributed by atoms with van der Waals surface area (Å²) in [6.45, 7) is 8.64. The largest absolute Gasteiger partial charge is 0.0622 e. The maximum absolute atomic E-state index is 2.24. The predicted molar refractivity (Wildman–Crippen MR) is 89.8 cm³/mol. The zero-order valence-corrected chi connectivity index (χ0v) is 12.8. The van der Waals surface area contributed by atoms with Crippen molar-refractivity contribution in [1.82, 2.24) is 0 Å². The normalized spacial score (nSPS) is 12.1. The molecule has 0 spiro atoms. The lowest BCUT2D eigenvalue weighted by Crippen LogP contribution is -1.88. The molecule has 0 amide bonds. The number of aryl methyl sites for hydroxylation is 3. The summed E-state index contributed by atoms with van der Waals surface area (Å²) in [7, 11) is 0. The van der Waals surface area contributed by atoms with Gasteiger partial charge >= 0.3 is 0 Å². The molecule has 0 aromatic heterocycles. The first kappa shape index (κ1) is 14.3. The molecule has 0 saturated heterocycles. The topological polar surface area (TPSA) is 0 Å². The van der Waals surface area contributed by atoms with Crippen molar-refractivity contribution < 1.29 is 0 Å². The molecular formula is C20H22. The summed E-state index contributed by atoms with van der Waals surface area (Å²) in [6, 6.07) is 14.9. The average molecular weight is 262 g/mol. The number of benzene rings is 2. The molecule has 0 atom stereocenters. The van der Waals surface area contributed by atoms with E-state index in [0.29, 0.717) is 0 Å². The van der Waals surface area contributed by atoms with Crippen molar-refractivity contribution in [2.45, 2.75) is 27.7 Å². The van der Waals surface area contributed by atoms with Gasteiger partial charge in [-0.2, -0.15) is 0 Å². The second kappa shape index (κ2) is 6.38. The number of hydrogen-bond acceptors (Lipinski definition) is 0. The molecule has 0 aliphatic carbocycles. The zero-order chi connectivity index (χ0) is 14.5. The maximum Gasteiger partial charge on any atom is -0.0198 e. The fourth-order valence-electron chi connectivity index (χ4n) is 2.53. The van der Waals surface area contributed by atoms with Crippen LogP contribution in [0.3, 0.4) is 0 Å². The molecule has 20 heavy (non-hydrogen) atoms.